The Bertz CT molecular complexity index is 1270. The molecule has 12 heteroatoms. The number of halogens is 3. The van der Waals surface area contributed by atoms with E-state index in [1.54, 1.807) is 19.5 Å². The second-order valence-corrected chi connectivity index (χ2v) is 10.6. The summed E-state index contributed by atoms with van der Waals surface area (Å²) in [6, 6.07) is 8.09. The number of piperidine rings is 1. The number of nitrogens with one attached hydrogen (secondary N) is 1. The molecule has 3 aliphatic rings. The molecule has 2 heterocycles. The van der Waals surface area contributed by atoms with Gasteiger partial charge in [-0.3, -0.25) is 19.4 Å². The molecule has 1 aliphatic heterocycles. The van der Waals surface area contributed by atoms with Gasteiger partial charge in [0, 0.05) is 50.0 Å². The molecule has 3 N–H and O–H groups in total. The highest BCUT2D eigenvalue weighted by Crippen LogP contribution is 2.62. The molecule has 1 saturated heterocycles. The van der Waals surface area contributed by atoms with E-state index in [1.807, 2.05) is 30.0 Å². The molecule has 2 aromatic rings. The molecule has 210 valence electrons. The number of hydrogen-bond acceptors (Lipinski definition) is 6. The van der Waals surface area contributed by atoms with Crippen LogP contribution in [0.25, 0.3) is 10.8 Å². The Balaban J connectivity index is 0.000000176. The number of ether oxygens (including phenoxy) is 1. The molecule has 2 fully saturated rings. The maximum Gasteiger partial charge on any atom is 0.470 e. The van der Waals surface area contributed by atoms with Crippen LogP contribution in [0.4, 0.5) is 13.2 Å². The van der Waals surface area contributed by atoms with Gasteiger partial charge >= 0.3 is 12.1 Å². The van der Waals surface area contributed by atoms with Crippen molar-refractivity contribution >= 4 is 29.0 Å². The second kappa shape index (κ2) is 11.2. The third kappa shape index (κ3) is 6.14. The summed E-state index contributed by atoms with van der Waals surface area (Å²) in [5.41, 5.74) is 5.21. The van der Waals surface area contributed by atoms with E-state index < -0.39 is 17.6 Å². The van der Waals surface area contributed by atoms with Crippen molar-refractivity contribution in [3.8, 4) is 6.07 Å². The van der Waals surface area contributed by atoms with Crippen molar-refractivity contribution < 1.29 is 32.3 Å². The second-order valence-electron chi connectivity index (χ2n) is 10.6. The van der Waals surface area contributed by atoms with Crippen LogP contribution >= 0.6 is 0 Å². The number of methoxy groups -OCH3 is 1. The zero-order valence-electron chi connectivity index (χ0n) is 22.2. The number of alkyl halides is 3. The lowest BCUT2D eigenvalue weighted by Crippen LogP contribution is -2.40. The van der Waals surface area contributed by atoms with Gasteiger partial charge in [0.05, 0.1) is 18.6 Å². The predicted octanol–water partition coefficient (Wildman–Crippen LogP) is 2.82. The minimum atomic E-state index is -4.86. The van der Waals surface area contributed by atoms with E-state index >= 15 is 0 Å². The molecule has 3 amide bonds. The van der Waals surface area contributed by atoms with Crippen LogP contribution in [0, 0.1) is 28.6 Å². The number of hydrogen-bond donors (Lipinski definition) is 2. The number of nitrogens with zero attached hydrogens (tertiary/aromatic N) is 3. The summed E-state index contributed by atoms with van der Waals surface area (Å²) in [7, 11) is 1.66. The number of fused-ring (bicyclic) bond motifs is 1. The van der Waals surface area contributed by atoms with Crippen LogP contribution in [-0.2, 0) is 31.1 Å². The summed E-state index contributed by atoms with van der Waals surface area (Å²) in [4.78, 5) is 37.8. The molecule has 0 bridgehead atoms. The summed E-state index contributed by atoms with van der Waals surface area (Å²) in [5.74, 6) is -0.501. The first kappa shape index (κ1) is 29.8. The van der Waals surface area contributed by atoms with Crippen LogP contribution in [0.2, 0.25) is 0 Å². The van der Waals surface area contributed by atoms with Gasteiger partial charge in [0.15, 0.2) is 5.54 Å². The molecule has 0 radical (unpaired) electrons. The first-order valence-corrected chi connectivity index (χ1v) is 12.4. The van der Waals surface area contributed by atoms with Crippen LogP contribution in [0.15, 0.2) is 30.6 Å². The van der Waals surface area contributed by atoms with Crippen LogP contribution in [0.3, 0.4) is 0 Å². The number of primary amides is 1. The molecular weight excluding hydrogens is 515 g/mol. The van der Waals surface area contributed by atoms with Crippen molar-refractivity contribution in [2.24, 2.45) is 23.0 Å². The quantitative estimate of drug-likeness (QED) is 0.552. The fourth-order valence-electron chi connectivity index (χ4n) is 5.32. The Morgan fingerprint density at radius 1 is 1.31 bits per heavy atom. The zero-order chi connectivity index (χ0) is 29.2. The molecule has 9 nitrogen and oxygen atoms in total. The summed E-state index contributed by atoms with van der Waals surface area (Å²) in [6.45, 7) is 8.49. The van der Waals surface area contributed by atoms with Crippen LogP contribution in [0.5, 0.6) is 0 Å². The van der Waals surface area contributed by atoms with Gasteiger partial charge in [-0.25, -0.2) is 0 Å². The van der Waals surface area contributed by atoms with Crippen molar-refractivity contribution in [2.75, 3.05) is 20.2 Å². The smallest absolute Gasteiger partial charge is 0.381 e. The van der Waals surface area contributed by atoms with Gasteiger partial charge in [-0.1, -0.05) is 32.0 Å². The fourth-order valence-corrected chi connectivity index (χ4v) is 5.32. The van der Waals surface area contributed by atoms with Crippen molar-refractivity contribution in [1.82, 2.24) is 15.2 Å². The molecule has 0 spiro atoms. The van der Waals surface area contributed by atoms with E-state index in [0.29, 0.717) is 24.7 Å². The number of nitrogens with two attached hydrogens (primary N) is 1. The Labute approximate surface area is 224 Å². The van der Waals surface area contributed by atoms with Crippen LogP contribution < -0.4 is 11.1 Å². The van der Waals surface area contributed by atoms with Gasteiger partial charge in [-0.15, -0.1) is 0 Å². The minimum Gasteiger partial charge on any atom is -0.381 e. The standard InChI is InChI=1S/C13H9N3O.C12H21NO2.C2H2F3NO/c14-7-13(16-8-17)4-9-2-1-3-10-5-15-6-11(13)12(9)10;1-8(15-4)5-11(14)13-6-9-10(7-13)12(9,2)3;3-2(4,5)1(6)7/h1-3,5-6,8H,4H2,(H,16,17);8-10H,5-7H2,1-4H3;(H2,6,7)/t;8-,9?,10?;/m.1./s1. The van der Waals surface area contributed by atoms with Gasteiger partial charge in [0.1, 0.15) is 0 Å². The summed E-state index contributed by atoms with van der Waals surface area (Å²) in [5, 5.41) is 14.0. The zero-order valence-corrected chi connectivity index (χ0v) is 22.2. The number of amides is 3. The average molecular weight is 548 g/mol. The number of pyridine rings is 1. The normalized spacial score (nSPS) is 24.2. The van der Waals surface area contributed by atoms with E-state index in [4.69, 9.17) is 9.53 Å². The lowest BCUT2D eigenvalue weighted by molar-refractivity contribution is -0.169. The largest absolute Gasteiger partial charge is 0.470 e. The number of rotatable bonds is 5. The monoisotopic (exact) mass is 547 g/mol. The molecule has 1 saturated carbocycles. The molecule has 4 atom stereocenters. The lowest BCUT2D eigenvalue weighted by Gasteiger charge is -2.23. The SMILES string of the molecule is CO[C@H](C)CC(=O)N1CC2C(C1)C2(C)C.N#CC1(NC=O)Cc2cccc3cncc1c23.NC(=O)C(F)(F)F. The number of benzene rings is 1. The van der Waals surface area contributed by atoms with Crippen molar-refractivity contribution in [3.63, 3.8) is 0 Å². The molecular formula is C27H32F3N5O4. The van der Waals surface area contributed by atoms with Gasteiger partial charge < -0.3 is 20.7 Å². The predicted molar refractivity (Wildman–Crippen MR) is 136 cm³/mol. The van der Waals surface area contributed by atoms with E-state index in [1.165, 1.54) is 0 Å². The van der Waals surface area contributed by atoms with Crippen LogP contribution in [0.1, 0.15) is 38.3 Å². The fraction of sp³-hybridized carbons (Fsp3) is 0.519. The van der Waals surface area contributed by atoms with Crippen molar-refractivity contribution in [3.05, 3.63) is 41.7 Å². The van der Waals surface area contributed by atoms with Gasteiger partial charge in [0.25, 0.3) is 0 Å². The summed E-state index contributed by atoms with van der Waals surface area (Å²) in [6.07, 6.45) is 0.225. The minimum absolute atomic E-state index is 0.0439. The Morgan fingerprint density at radius 3 is 2.44 bits per heavy atom. The number of likely N-dealkylation sites (tertiary alicyclic amines) is 1. The lowest BCUT2D eigenvalue weighted by atomic mass is 9.94. The summed E-state index contributed by atoms with van der Waals surface area (Å²) < 4.78 is 37.2. The molecule has 39 heavy (non-hydrogen) atoms. The third-order valence-corrected chi connectivity index (χ3v) is 7.90. The molecule has 1 aromatic heterocycles. The number of nitriles is 1. The summed E-state index contributed by atoms with van der Waals surface area (Å²) >= 11 is 0. The Hall–Kier alpha value is -3.72. The van der Waals surface area contributed by atoms with Crippen molar-refractivity contribution in [1.29, 1.82) is 5.26 Å². The highest BCUT2D eigenvalue weighted by Gasteiger charge is 2.62. The molecule has 2 aliphatic carbocycles. The van der Waals surface area contributed by atoms with Gasteiger partial charge in [0.2, 0.25) is 12.3 Å². The topological polar surface area (TPSA) is 138 Å². The number of carbonyl (C=O) groups is 3. The van der Waals surface area contributed by atoms with Crippen LogP contribution in [-0.4, -0.2) is 60.6 Å². The van der Waals surface area contributed by atoms with E-state index in [9.17, 15) is 28.0 Å². The highest BCUT2D eigenvalue weighted by atomic mass is 19.4. The molecule has 5 rings (SSSR count). The molecule has 1 aromatic carbocycles. The van der Waals surface area contributed by atoms with E-state index in [2.05, 4.69) is 36.0 Å². The van der Waals surface area contributed by atoms with E-state index in [0.717, 1.165) is 46.8 Å². The Kier molecular flexibility index (Phi) is 8.55. The van der Waals surface area contributed by atoms with Crippen molar-refractivity contribution in [2.45, 2.75) is 51.4 Å². The first-order valence-electron chi connectivity index (χ1n) is 12.4. The maximum absolute atomic E-state index is 11.8. The van der Waals surface area contributed by atoms with Gasteiger partial charge in [-0.2, -0.15) is 18.4 Å². The van der Waals surface area contributed by atoms with Gasteiger partial charge in [-0.05, 0) is 35.1 Å². The number of aromatic nitrogens is 1. The Morgan fingerprint density at radius 2 is 1.92 bits per heavy atom. The number of carbonyl (C=O) groups excluding carboxylic acids is 3. The van der Waals surface area contributed by atoms with E-state index in [-0.39, 0.29) is 12.0 Å². The molecule has 3 unspecified atom stereocenters. The maximum atomic E-state index is 11.8. The first-order chi connectivity index (χ1) is 18.2. The third-order valence-electron chi connectivity index (χ3n) is 7.90. The average Bonchev–Trinajstić information content (AvgIpc) is 3.23. The highest BCUT2D eigenvalue weighted by molar-refractivity contribution is 5.92.